The molecule has 0 bridgehead atoms. The summed E-state index contributed by atoms with van der Waals surface area (Å²) < 4.78 is 5.03. The Balaban J connectivity index is 3.04. The van der Waals surface area contributed by atoms with E-state index in [2.05, 4.69) is 13.5 Å². The summed E-state index contributed by atoms with van der Waals surface area (Å²) in [4.78, 5) is 10.8. The number of carbonyl (C=O) groups is 1. The van der Waals surface area contributed by atoms with Crippen molar-refractivity contribution in [1.29, 1.82) is 0 Å². The number of allylic oxidation sites excluding steroid dienone is 1. The highest BCUT2D eigenvalue weighted by Gasteiger charge is 2.05. The summed E-state index contributed by atoms with van der Waals surface area (Å²) in [5, 5.41) is 0. The molecule has 0 fully saturated rings. The molecule has 1 aromatic carbocycles. The van der Waals surface area contributed by atoms with Gasteiger partial charge in [-0.1, -0.05) is 12.1 Å². The van der Waals surface area contributed by atoms with Gasteiger partial charge in [0.25, 0.3) is 0 Å². The van der Waals surface area contributed by atoms with Crippen molar-refractivity contribution < 1.29 is 9.53 Å². The third kappa shape index (κ3) is 3.24. The summed E-state index contributed by atoms with van der Waals surface area (Å²) in [6, 6.07) is 5.64. The number of carbonyl (C=O) groups excluding carboxylic acids is 1. The average molecular weight is 203 g/mol. The molecule has 0 heterocycles. The first-order chi connectivity index (χ1) is 7.02. The fraction of sp³-hybridized carbons (Fsp3) is 0.231. The highest BCUT2D eigenvalue weighted by molar-refractivity contribution is 5.69. The predicted molar refractivity (Wildman–Crippen MR) is 60.8 cm³/mol. The molecule has 2 heteroatoms. The molecule has 15 heavy (non-hydrogen) atoms. The third-order valence-corrected chi connectivity index (χ3v) is 2.05. The fourth-order valence-corrected chi connectivity index (χ4v) is 1.35. The first-order valence-corrected chi connectivity index (χ1v) is 4.78. The Hall–Kier alpha value is -1.57. The predicted octanol–water partition coefficient (Wildman–Crippen LogP) is 3.02. The molecule has 0 amide bonds. The second-order valence-electron chi connectivity index (χ2n) is 3.52. The van der Waals surface area contributed by atoms with Gasteiger partial charge >= 0.3 is 5.97 Å². The molecular weight excluding hydrogens is 188 g/mol. The van der Waals surface area contributed by atoms with Gasteiger partial charge in [0.05, 0.1) is 0 Å². The van der Waals surface area contributed by atoms with Gasteiger partial charge in [0.2, 0.25) is 0 Å². The van der Waals surface area contributed by atoms with Crippen molar-refractivity contribution in [3.8, 4) is 5.75 Å². The molecule has 0 aliphatic carbocycles. The number of benzene rings is 1. The van der Waals surface area contributed by atoms with Crippen molar-refractivity contribution in [3.05, 3.63) is 48.9 Å². The van der Waals surface area contributed by atoms with Crippen LogP contribution in [0.1, 0.15) is 24.0 Å². The molecule has 0 aliphatic heterocycles. The quantitative estimate of drug-likeness (QED) is 0.429. The largest absolute Gasteiger partial charge is 0.427 e. The van der Waals surface area contributed by atoms with Crippen LogP contribution in [0.15, 0.2) is 30.9 Å². The van der Waals surface area contributed by atoms with Gasteiger partial charge < -0.3 is 4.74 Å². The molecule has 0 saturated carbocycles. The summed E-state index contributed by atoms with van der Waals surface area (Å²) in [6.07, 6.45) is 1.76. The van der Waals surface area contributed by atoms with Gasteiger partial charge in [-0.2, -0.15) is 0 Å². The van der Waals surface area contributed by atoms with Gasteiger partial charge in [0.1, 0.15) is 5.75 Å². The number of hydrogen-bond donors (Lipinski definition) is 0. The van der Waals surface area contributed by atoms with E-state index >= 15 is 0 Å². The lowest BCUT2D eigenvalue weighted by Gasteiger charge is -2.10. The SMILES string of the molecule is [CH2]C(C=C)c1cc(C)cc(OC(C)=O)c1. The van der Waals surface area contributed by atoms with E-state index in [0.29, 0.717) is 5.75 Å². The molecule has 79 valence electrons. The first-order valence-electron chi connectivity index (χ1n) is 4.78. The Morgan fingerprint density at radius 1 is 1.47 bits per heavy atom. The van der Waals surface area contributed by atoms with Crippen LogP contribution >= 0.6 is 0 Å². The lowest BCUT2D eigenvalue weighted by Crippen LogP contribution is -2.02. The molecule has 1 aromatic rings. The minimum absolute atomic E-state index is 0.0132. The van der Waals surface area contributed by atoms with E-state index < -0.39 is 0 Å². The van der Waals surface area contributed by atoms with Crippen LogP contribution in [0.2, 0.25) is 0 Å². The van der Waals surface area contributed by atoms with Gasteiger partial charge in [-0.15, -0.1) is 6.58 Å². The number of esters is 1. The third-order valence-electron chi connectivity index (χ3n) is 2.05. The Bertz CT molecular complexity index is 380. The van der Waals surface area contributed by atoms with Crippen LogP contribution in [0.5, 0.6) is 5.75 Å². The second kappa shape index (κ2) is 4.78. The molecule has 1 rings (SSSR count). The lowest BCUT2D eigenvalue weighted by molar-refractivity contribution is -0.131. The fourth-order valence-electron chi connectivity index (χ4n) is 1.35. The van der Waals surface area contributed by atoms with Crippen molar-refractivity contribution in [1.82, 2.24) is 0 Å². The standard InChI is InChI=1S/C13H15O2/c1-5-10(3)12-6-9(2)7-13(8-12)15-11(4)14/h5-8,10H,1,3H2,2,4H3. The van der Waals surface area contributed by atoms with Crippen molar-refractivity contribution in [2.45, 2.75) is 19.8 Å². The molecule has 0 saturated heterocycles. The van der Waals surface area contributed by atoms with E-state index in [1.165, 1.54) is 6.92 Å². The maximum absolute atomic E-state index is 10.8. The molecule has 0 aromatic heterocycles. The maximum Gasteiger partial charge on any atom is 0.308 e. The number of rotatable bonds is 3. The zero-order valence-corrected chi connectivity index (χ0v) is 9.12. The van der Waals surface area contributed by atoms with E-state index in [0.717, 1.165) is 11.1 Å². The summed E-state index contributed by atoms with van der Waals surface area (Å²) in [7, 11) is 0. The van der Waals surface area contributed by atoms with Crippen LogP contribution in [0.25, 0.3) is 0 Å². The van der Waals surface area contributed by atoms with Gasteiger partial charge in [-0.05, 0) is 37.1 Å². The normalized spacial score (nSPS) is 11.9. The topological polar surface area (TPSA) is 26.3 Å². The Kier molecular flexibility index (Phi) is 3.67. The Morgan fingerprint density at radius 3 is 2.67 bits per heavy atom. The van der Waals surface area contributed by atoms with E-state index in [1.807, 2.05) is 25.1 Å². The minimum atomic E-state index is -0.314. The number of ether oxygens (including phenoxy) is 1. The highest BCUT2D eigenvalue weighted by atomic mass is 16.5. The van der Waals surface area contributed by atoms with Gasteiger partial charge in [-0.25, -0.2) is 0 Å². The van der Waals surface area contributed by atoms with Crippen molar-refractivity contribution >= 4 is 5.97 Å². The van der Waals surface area contributed by atoms with Crippen LogP contribution in [-0.2, 0) is 4.79 Å². The smallest absolute Gasteiger partial charge is 0.308 e. The zero-order valence-electron chi connectivity index (χ0n) is 9.12. The van der Waals surface area contributed by atoms with E-state index in [-0.39, 0.29) is 11.9 Å². The molecular formula is C13H15O2. The molecule has 0 N–H and O–H groups in total. The summed E-state index contributed by atoms with van der Waals surface area (Å²) in [5.41, 5.74) is 2.04. The molecule has 0 spiro atoms. The van der Waals surface area contributed by atoms with Crippen LogP contribution in [0.4, 0.5) is 0 Å². The highest BCUT2D eigenvalue weighted by Crippen LogP contribution is 2.23. The maximum atomic E-state index is 10.8. The van der Waals surface area contributed by atoms with E-state index in [1.54, 1.807) is 6.08 Å². The van der Waals surface area contributed by atoms with Crippen molar-refractivity contribution in [2.75, 3.05) is 0 Å². The molecule has 1 radical (unpaired) electrons. The summed E-state index contributed by atoms with van der Waals surface area (Å²) >= 11 is 0. The van der Waals surface area contributed by atoms with Gasteiger partial charge in [0.15, 0.2) is 0 Å². The van der Waals surface area contributed by atoms with Crippen LogP contribution < -0.4 is 4.74 Å². The van der Waals surface area contributed by atoms with Gasteiger partial charge in [0, 0.05) is 12.8 Å². The van der Waals surface area contributed by atoms with E-state index in [4.69, 9.17) is 4.74 Å². The average Bonchev–Trinajstić information content (AvgIpc) is 2.14. The Labute approximate surface area is 90.6 Å². The van der Waals surface area contributed by atoms with Crippen LogP contribution in [-0.4, -0.2) is 5.97 Å². The summed E-state index contributed by atoms with van der Waals surface area (Å²) in [6.45, 7) is 11.0. The number of aryl methyl sites for hydroxylation is 1. The lowest BCUT2D eigenvalue weighted by atomic mass is 9.99. The van der Waals surface area contributed by atoms with E-state index in [9.17, 15) is 4.79 Å². The first kappa shape index (κ1) is 11.5. The van der Waals surface area contributed by atoms with Gasteiger partial charge in [-0.3, -0.25) is 4.79 Å². The van der Waals surface area contributed by atoms with Crippen LogP contribution in [0, 0.1) is 13.8 Å². The second-order valence-corrected chi connectivity index (χ2v) is 3.52. The van der Waals surface area contributed by atoms with Crippen LogP contribution in [0.3, 0.4) is 0 Å². The summed E-state index contributed by atoms with van der Waals surface area (Å²) in [5.74, 6) is 0.262. The number of hydrogen-bond acceptors (Lipinski definition) is 2. The molecule has 0 aliphatic rings. The Morgan fingerprint density at radius 2 is 2.13 bits per heavy atom. The minimum Gasteiger partial charge on any atom is -0.427 e. The molecule has 2 nitrogen and oxygen atoms in total. The molecule has 1 unspecified atom stereocenters. The zero-order chi connectivity index (χ0) is 11.4. The van der Waals surface area contributed by atoms with Crippen molar-refractivity contribution in [2.24, 2.45) is 0 Å². The molecule has 1 atom stereocenters. The van der Waals surface area contributed by atoms with Crippen molar-refractivity contribution in [3.63, 3.8) is 0 Å². The monoisotopic (exact) mass is 203 g/mol.